The summed E-state index contributed by atoms with van der Waals surface area (Å²) in [6.07, 6.45) is 1.67. The zero-order valence-electron chi connectivity index (χ0n) is 8.34. The summed E-state index contributed by atoms with van der Waals surface area (Å²) >= 11 is 1.62. The number of aromatic amines is 1. The molecule has 3 aromatic heterocycles. The molecular formula is C11H9N3OS. The first-order valence-corrected chi connectivity index (χ1v) is 5.75. The molecule has 0 aliphatic heterocycles. The zero-order valence-corrected chi connectivity index (χ0v) is 9.16. The van der Waals surface area contributed by atoms with Crippen LogP contribution in [-0.2, 0) is 6.61 Å². The Bertz CT molecular complexity index is 615. The minimum atomic E-state index is -0.0201. The number of rotatable bonds is 2. The standard InChI is InChI=1S/C11H9N3OS/c15-6-7-3-4-12-11-9(7)13-10(14-11)8-2-1-5-16-8/h1-5,15H,6H2,(H,12,13,14). The maximum absolute atomic E-state index is 9.20. The monoisotopic (exact) mass is 231 g/mol. The lowest BCUT2D eigenvalue weighted by Crippen LogP contribution is -1.86. The van der Waals surface area contributed by atoms with Crippen LogP contribution in [0.2, 0.25) is 0 Å². The molecule has 0 radical (unpaired) electrons. The van der Waals surface area contributed by atoms with E-state index in [0.29, 0.717) is 0 Å². The van der Waals surface area contributed by atoms with Gasteiger partial charge >= 0.3 is 0 Å². The lowest BCUT2D eigenvalue weighted by atomic mass is 10.2. The van der Waals surface area contributed by atoms with E-state index in [1.54, 1.807) is 23.6 Å². The molecule has 16 heavy (non-hydrogen) atoms. The first-order chi connectivity index (χ1) is 7.88. The smallest absolute Gasteiger partial charge is 0.157 e. The molecule has 80 valence electrons. The van der Waals surface area contributed by atoms with Gasteiger partial charge in [-0.1, -0.05) is 6.07 Å². The maximum Gasteiger partial charge on any atom is 0.157 e. The number of hydrogen-bond donors (Lipinski definition) is 2. The van der Waals surface area contributed by atoms with Gasteiger partial charge in [-0.25, -0.2) is 9.97 Å². The van der Waals surface area contributed by atoms with Gasteiger partial charge in [0.15, 0.2) is 5.65 Å². The van der Waals surface area contributed by atoms with Crippen molar-refractivity contribution < 1.29 is 5.11 Å². The van der Waals surface area contributed by atoms with Crippen LogP contribution in [0.15, 0.2) is 29.8 Å². The van der Waals surface area contributed by atoms with Crippen molar-refractivity contribution in [3.8, 4) is 10.7 Å². The minimum absolute atomic E-state index is 0.0201. The van der Waals surface area contributed by atoms with Crippen molar-refractivity contribution in [2.75, 3.05) is 0 Å². The molecule has 3 heterocycles. The second-order valence-corrected chi connectivity index (χ2v) is 4.34. The average Bonchev–Trinajstić information content (AvgIpc) is 2.96. The highest BCUT2D eigenvalue weighted by Gasteiger charge is 2.09. The summed E-state index contributed by atoms with van der Waals surface area (Å²) in [6.45, 7) is -0.0201. The average molecular weight is 231 g/mol. The molecule has 0 fully saturated rings. The van der Waals surface area contributed by atoms with Crippen LogP contribution < -0.4 is 0 Å². The van der Waals surface area contributed by atoms with Gasteiger partial charge in [-0.3, -0.25) is 0 Å². The number of pyridine rings is 1. The molecule has 3 rings (SSSR count). The Morgan fingerprint density at radius 2 is 2.31 bits per heavy atom. The van der Waals surface area contributed by atoms with Crippen molar-refractivity contribution in [1.82, 2.24) is 15.0 Å². The van der Waals surface area contributed by atoms with E-state index in [0.717, 1.165) is 27.4 Å². The third-order valence-electron chi connectivity index (χ3n) is 2.39. The van der Waals surface area contributed by atoms with Crippen molar-refractivity contribution in [3.63, 3.8) is 0 Å². The third-order valence-corrected chi connectivity index (χ3v) is 3.27. The van der Waals surface area contributed by atoms with Gasteiger partial charge in [-0.2, -0.15) is 0 Å². The number of nitrogens with one attached hydrogen (secondary N) is 1. The Hall–Kier alpha value is -1.72. The predicted molar refractivity (Wildman–Crippen MR) is 63.1 cm³/mol. The summed E-state index contributed by atoms with van der Waals surface area (Å²) in [7, 11) is 0. The molecule has 0 amide bonds. The molecule has 0 aromatic carbocycles. The molecule has 0 aliphatic carbocycles. The Labute approximate surface area is 95.6 Å². The molecule has 0 atom stereocenters. The van der Waals surface area contributed by atoms with E-state index in [2.05, 4.69) is 15.0 Å². The topological polar surface area (TPSA) is 61.8 Å². The SMILES string of the molecule is OCc1ccnc2[nH]c(-c3cccs3)nc12. The molecule has 0 bridgehead atoms. The Morgan fingerprint density at radius 1 is 1.38 bits per heavy atom. The number of fused-ring (bicyclic) bond motifs is 1. The lowest BCUT2D eigenvalue weighted by Gasteiger charge is -1.93. The quantitative estimate of drug-likeness (QED) is 0.710. The van der Waals surface area contributed by atoms with Crippen LogP contribution in [0.1, 0.15) is 5.56 Å². The number of imidazole rings is 1. The fourth-order valence-electron chi connectivity index (χ4n) is 1.62. The van der Waals surface area contributed by atoms with E-state index in [9.17, 15) is 5.11 Å². The van der Waals surface area contributed by atoms with Crippen molar-refractivity contribution in [2.24, 2.45) is 0 Å². The van der Waals surface area contributed by atoms with Crippen molar-refractivity contribution >= 4 is 22.5 Å². The zero-order chi connectivity index (χ0) is 11.0. The van der Waals surface area contributed by atoms with E-state index in [1.807, 2.05) is 17.5 Å². The largest absolute Gasteiger partial charge is 0.392 e. The molecule has 4 nitrogen and oxygen atoms in total. The number of thiophene rings is 1. The summed E-state index contributed by atoms with van der Waals surface area (Å²) in [5.41, 5.74) is 2.26. The highest BCUT2D eigenvalue weighted by atomic mass is 32.1. The van der Waals surface area contributed by atoms with Gasteiger partial charge in [-0.15, -0.1) is 11.3 Å². The first kappa shape index (κ1) is 9.50. The molecule has 5 heteroatoms. The predicted octanol–water partition coefficient (Wildman–Crippen LogP) is 2.18. The van der Waals surface area contributed by atoms with Gasteiger partial charge in [-0.05, 0) is 17.5 Å². The summed E-state index contributed by atoms with van der Waals surface area (Å²) in [5.74, 6) is 0.804. The van der Waals surface area contributed by atoms with Crippen LogP contribution in [-0.4, -0.2) is 20.1 Å². The number of aliphatic hydroxyl groups excluding tert-OH is 1. The van der Waals surface area contributed by atoms with E-state index in [1.165, 1.54) is 0 Å². The number of hydrogen-bond acceptors (Lipinski definition) is 4. The van der Waals surface area contributed by atoms with Crippen LogP contribution in [0.3, 0.4) is 0 Å². The summed E-state index contributed by atoms with van der Waals surface area (Å²) < 4.78 is 0. The van der Waals surface area contributed by atoms with Gasteiger partial charge in [0.1, 0.15) is 11.3 Å². The second kappa shape index (κ2) is 3.70. The van der Waals surface area contributed by atoms with Crippen LogP contribution in [0.5, 0.6) is 0 Å². The number of H-pyrrole nitrogens is 1. The summed E-state index contributed by atoms with van der Waals surface area (Å²) in [6, 6.07) is 5.76. The fraction of sp³-hybridized carbons (Fsp3) is 0.0909. The van der Waals surface area contributed by atoms with Crippen LogP contribution in [0.25, 0.3) is 21.9 Å². The minimum Gasteiger partial charge on any atom is -0.392 e. The molecule has 0 spiro atoms. The van der Waals surface area contributed by atoms with E-state index >= 15 is 0 Å². The molecule has 2 N–H and O–H groups in total. The number of nitrogens with zero attached hydrogens (tertiary/aromatic N) is 2. The highest BCUT2D eigenvalue weighted by Crippen LogP contribution is 2.24. The highest BCUT2D eigenvalue weighted by molar-refractivity contribution is 7.13. The number of aromatic nitrogens is 3. The van der Waals surface area contributed by atoms with Crippen LogP contribution in [0.4, 0.5) is 0 Å². The van der Waals surface area contributed by atoms with Crippen LogP contribution in [0, 0.1) is 0 Å². The Balaban J connectivity index is 2.23. The van der Waals surface area contributed by atoms with Gasteiger partial charge < -0.3 is 10.1 Å². The molecule has 0 aliphatic rings. The van der Waals surface area contributed by atoms with Gasteiger partial charge in [0.2, 0.25) is 0 Å². The molecular weight excluding hydrogens is 222 g/mol. The fourth-order valence-corrected chi connectivity index (χ4v) is 2.29. The van der Waals surface area contributed by atoms with Gasteiger partial charge in [0.05, 0.1) is 11.5 Å². The summed E-state index contributed by atoms with van der Waals surface area (Å²) in [4.78, 5) is 12.9. The Morgan fingerprint density at radius 3 is 3.06 bits per heavy atom. The van der Waals surface area contributed by atoms with Crippen molar-refractivity contribution in [2.45, 2.75) is 6.61 Å². The van der Waals surface area contributed by atoms with E-state index in [4.69, 9.17) is 0 Å². The van der Waals surface area contributed by atoms with Crippen LogP contribution >= 0.6 is 11.3 Å². The first-order valence-electron chi connectivity index (χ1n) is 4.87. The van der Waals surface area contributed by atoms with Gasteiger partial charge in [0.25, 0.3) is 0 Å². The van der Waals surface area contributed by atoms with E-state index in [-0.39, 0.29) is 6.61 Å². The summed E-state index contributed by atoms with van der Waals surface area (Å²) in [5, 5.41) is 11.2. The van der Waals surface area contributed by atoms with E-state index < -0.39 is 0 Å². The maximum atomic E-state index is 9.20. The number of aliphatic hydroxyl groups is 1. The third kappa shape index (κ3) is 1.41. The normalized spacial score (nSPS) is 11.1. The molecule has 0 saturated carbocycles. The lowest BCUT2D eigenvalue weighted by molar-refractivity contribution is 0.283. The molecule has 0 saturated heterocycles. The molecule has 3 aromatic rings. The molecule has 0 unspecified atom stereocenters. The van der Waals surface area contributed by atoms with Crippen molar-refractivity contribution in [3.05, 3.63) is 35.3 Å². The Kier molecular flexibility index (Phi) is 2.19. The van der Waals surface area contributed by atoms with Crippen molar-refractivity contribution in [1.29, 1.82) is 0 Å². The van der Waals surface area contributed by atoms with Gasteiger partial charge in [0, 0.05) is 11.8 Å². The second-order valence-electron chi connectivity index (χ2n) is 3.39.